The molecule has 0 spiro atoms. The van der Waals surface area contributed by atoms with Crippen LogP contribution in [0.15, 0.2) is 11.1 Å². The Hall–Kier alpha value is -2.42. The minimum absolute atomic E-state index is 0.0115. The predicted octanol–water partition coefficient (Wildman–Crippen LogP) is 7.53. The molecule has 5 fully saturated rings. The van der Waals surface area contributed by atoms with Crippen LogP contribution in [0.3, 0.4) is 0 Å². The van der Waals surface area contributed by atoms with E-state index in [0.29, 0.717) is 24.3 Å². The van der Waals surface area contributed by atoms with Crippen LogP contribution in [0.25, 0.3) is 0 Å². The molecule has 0 aromatic heterocycles. The number of rotatable bonds is 7. The summed E-state index contributed by atoms with van der Waals surface area (Å²) in [4.78, 5) is 54.7. The van der Waals surface area contributed by atoms with Crippen LogP contribution >= 0.6 is 0 Å². The first kappa shape index (κ1) is 38.3. The first-order valence-corrected chi connectivity index (χ1v) is 20.1. The van der Waals surface area contributed by atoms with E-state index in [4.69, 9.17) is 4.74 Å². The van der Waals surface area contributed by atoms with Gasteiger partial charge >= 0.3 is 18.0 Å². The van der Waals surface area contributed by atoms with E-state index < -0.39 is 22.9 Å². The Morgan fingerprint density at radius 3 is 2.18 bits per heavy atom. The quantitative estimate of drug-likeness (QED) is 0.234. The molecule has 1 saturated heterocycles. The van der Waals surface area contributed by atoms with E-state index in [1.165, 1.54) is 5.57 Å². The average molecular weight is 710 g/mol. The molecule has 286 valence electrons. The lowest BCUT2D eigenvalue weighted by molar-refractivity contribution is -0.232. The van der Waals surface area contributed by atoms with Crippen molar-refractivity contribution in [3.05, 3.63) is 11.1 Å². The summed E-state index contributed by atoms with van der Waals surface area (Å²) in [5.41, 5.74) is 0.353. The molecule has 51 heavy (non-hydrogen) atoms. The Kier molecular flexibility index (Phi) is 9.66. The highest BCUT2D eigenvalue weighted by Crippen LogP contribution is 2.76. The van der Waals surface area contributed by atoms with Crippen LogP contribution < -0.4 is 10.6 Å². The molecule has 3 N–H and O–H groups in total. The molecular weight excluding hydrogens is 642 g/mol. The summed E-state index contributed by atoms with van der Waals surface area (Å²) in [6.07, 6.45) is 9.68. The fourth-order valence-electron chi connectivity index (χ4n) is 13.2. The molecule has 6 rings (SSSR count). The van der Waals surface area contributed by atoms with Gasteiger partial charge in [-0.05, 0) is 136 Å². The number of carboxylic acid groups (broad SMARTS) is 1. The molecule has 3 unspecified atom stereocenters. The van der Waals surface area contributed by atoms with Crippen LogP contribution in [0, 0.1) is 50.7 Å². The van der Waals surface area contributed by atoms with Gasteiger partial charge in [-0.25, -0.2) is 4.79 Å². The van der Waals surface area contributed by atoms with Crippen LogP contribution in [-0.4, -0.2) is 71.6 Å². The van der Waals surface area contributed by atoms with Crippen molar-refractivity contribution < 1.29 is 29.0 Å². The lowest BCUT2D eigenvalue weighted by Gasteiger charge is -2.72. The van der Waals surface area contributed by atoms with Crippen LogP contribution in [0.2, 0.25) is 0 Å². The van der Waals surface area contributed by atoms with Gasteiger partial charge in [-0.15, -0.1) is 0 Å². The third-order valence-corrected chi connectivity index (χ3v) is 16.3. The van der Waals surface area contributed by atoms with E-state index in [1.54, 1.807) is 13.8 Å². The Morgan fingerprint density at radius 1 is 0.902 bits per heavy atom. The molecule has 6 aliphatic rings. The van der Waals surface area contributed by atoms with Gasteiger partial charge in [-0.1, -0.05) is 48.5 Å². The number of allylic oxidation sites excluding steroid dienone is 1. The van der Waals surface area contributed by atoms with Gasteiger partial charge < -0.3 is 25.4 Å². The Labute approximate surface area is 306 Å². The SMILES string of the molecule is CNC1CCN(C(=O)N[C@@]23CC[C@]4(C)C(CCC5[C@@]6(C)CC[C@H](OC(=O)CC(C)(C)C(=O)O)C(C)(C)C6CC[C@]54C)C2=C(C(C)C)C(=O)C3)CC1. The number of esters is 1. The van der Waals surface area contributed by atoms with E-state index in [2.05, 4.69) is 59.1 Å². The summed E-state index contributed by atoms with van der Waals surface area (Å²) in [5.74, 6) is 0.0305. The number of urea groups is 1. The monoisotopic (exact) mass is 710 g/mol. The number of fused-ring (bicyclic) bond motifs is 7. The van der Waals surface area contributed by atoms with Crippen molar-refractivity contribution in [2.24, 2.45) is 50.7 Å². The number of carbonyl (C=O) groups is 4. The van der Waals surface area contributed by atoms with Crippen molar-refractivity contribution in [2.45, 2.75) is 157 Å². The number of Topliss-reactive ketones (excluding diaryl/α,β-unsaturated/α-hetero) is 1. The molecule has 0 aromatic carbocycles. The number of likely N-dealkylation sites (tertiary alicyclic amines) is 1. The standard InChI is InChI=1S/C42H67N3O6/c1-25(2)33-28(46)23-42(44-36(50)45-21-15-26(43-10)16-22-45)20-19-40(8)27(34(33)42)11-12-30-39(7)17-14-31(51-32(47)24-37(3,4)35(48)49)38(5,6)29(39)13-18-41(30,40)9/h25-27,29-31,43H,11-24H2,1-10H3,(H,44,50)(H,48,49)/t27?,29?,30?,31-,39-,40+,41+,42+/m0/s1. The molecule has 4 saturated carbocycles. The highest BCUT2D eigenvalue weighted by atomic mass is 16.5. The Balaban J connectivity index is 1.27. The summed E-state index contributed by atoms with van der Waals surface area (Å²) < 4.78 is 6.16. The van der Waals surface area contributed by atoms with E-state index in [-0.39, 0.29) is 57.8 Å². The lowest BCUT2D eigenvalue weighted by Crippen LogP contribution is -2.67. The summed E-state index contributed by atoms with van der Waals surface area (Å²) >= 11 is 0. The number of nitrogens with zero attached hydrogens (tertiary/aromatic N) is 1. The molecule has 1 heterocycles. The summed E-state index contributed by atoms with van der Waals surface area (Å²) in [5, 5.41) is 16.5. The number of carboxylic acids is 1. The molecular formula is C42H67N3O6. The van der Waals surface area contributed by atoms with Gasteiger partial charge in [0.15, 0.2) is 5.78 Å². The van der Waals surface area contributed by atoms with Crippen LogP contribution in [0.5, 0.6) is 0 Å². The van der Waals surface area contributed by atoms with Gasteiger partial charge in [0.25, 0.3) is 0 Å². The summed E-state index contributed by atoms with van der Waals surface area (Å²) in [7, 11) is 1.99. The second kappa shape index (κ2) is 12.9. The molecule has 2 amide bonds. The number of hydrogen-bond donors (Lipinski definition) is 3. The molecule has 9 nitrogen and oxygen atoms in total. The number of ether oxygens (including phenoxy) is 1. The first-order chi connectivity index (χ1) is 23.7. The third-order valence-electron chi connectivity index (χ3n) is 16.3. The van der Waals surface area contributed by atoms with Gasteiger partial charge in [-0.2, -0.15) is 0 Å². The van der Waals surface area contributed by atoms with Gasteiger partial charge in [0.1, 0.15) is 6.10 Å². The summed E-state index contributed by atoms with van der Waals surface area (Å²) in [6.45, 7) is 21.1. The maximum absolute atomic E-state index is 14.0. The van der Waals surface area contributed by atoms with Crippen molar-refractivity contribution in [3.8, 4) is 0 Å². The molecule has 0 radical (unpaired) electrons. The Morgan fingerprint density at radius 2 is 1.57 bits per heavy atom. The fourth-order valence-corrected chi connectivity index (χ4v) is 13.2. The van der Waals surface area contributed by atoms with Crippen LogP contribution in [-0.2, 0) is 19.1 Å². The molecule has 1 aliphatic heterocycles. The maximum atomic E-state index is 14.0. The third kappa shape index (κ3) is 5.89. The van der Waals surface area contributed by atoms with E-state index in [1.807, 2.05) is 11.9 Å². The number of amides is 2. The van der Waals surface area contributed by atoms with E-state index in [9.17, 15) is 24.3 Å². The molecule has 5 aliphatic carbocycles. The van der Waals surface area contributed by atoms with E-state index >= 15 is 0 Å². The van der Waals surface area contributed by atoms with Crippen molar-refractivity contribution in [2.75, 3.05) is 20.1 Å². The number of piperidine rings is 1. The fraction of sp³-hybridized carbons (Fsp3) is 0.857. The first-order valence-electron chi connectivity index (χ1n) is 20.1. The zero-order chi connectivity index (χ0) is 37.5. The largest absolute Gasteiger partial charge is 0.481 e. The summed E-state index contributed by atoms with van der Waals surface area (Å²) in [6, 6.07) is 0.431. The lowest BCUT2D eigenvalue weighted by atomic mass is 9.33. The van der Waals surface area contributed by atoms with Crippen molar-refractivity contribution in [1.29, 1.82) is 0 Å². The van der Waals surface area contributed by atoms with Gasteiger partial charge in [0, 0.05) is 31.0 Å². The Bertz CT molecular complexity index is 1480. The number of ketones is 1. The van der Waals surface area contributed by atoms with Gasteiger partial charge in [-0.3, -0.25) is 14.4 Å². The van der Waals surface area contributed by atoms with E-state index in [0.717, 1.165) is 82.9 Å². The highest BCUT2D eigenvalue weighted by molar-refractivity contribution is 6.02. The second-order valence-electron chi connectivity index (χ2n) is 20.0. The predicted molar refractivity (Wildman–Crippen MR) is 198 cm³/mol. The van der Waals surface area contributed by atoms with Crippen LogP contribution in [0.1, 0.15) is 139 Å². The normalized spacial score (nSPS) is 39.5. The maximum Gasteiger partial charge on any atom is 0.318 e. The zero-order valence-corrected chi connectivity index (χ0v) is 33.3. The zero-order valence-electron chi connectivity index (χ0n) is 33.3. The molecule has 0 bridgehead atoms. The van der Waals surface area contributed by atoms with Gasteiger partial charge in [0.2, 0.25) is 0 Å². The molecule has 9 heteroatoms. The van der Waals surface area contributed by atoms with Crippen molar-refractivity contribution >= 4 is 23.8 Å². The van der Waals surface area contributed by atoms with Crippen LogP contribution in [0.4, 0.5) is 4.79 Å². The second-order valence-corrected chi connectivity index (χ2v) is 20.0. The van der Waals surface area contributed by atoms with Gasteiger partial charge in [0.05, 0.1) is 17.4 Å². The number of nitrogens with one attached hydrogen (secondary N) is 2. The minimum atomic E-state index is -1.16. The number of aliphatic carboxylic acids is 1. The molecule has 8 atom stereocenters. The highest BCUT2D eigenvalue weighted by Gasteiger charge is 2.70. The van der Waals surface area contributed by atoms with Crippen molar-refractivity contribution in [3.63, 3.8) is 0 Å². The number of carbonyl (C=O) groups excluding carboxylic acids is 3. The average Bonchev–Trinajstić information content (AvgIpc) is 3.34. The van der Waals surface area contributed by atoms with Crippen molar-refractivity contribution in [1.82, 2.24) is 15.5 Å². The topological polar surface area (TPSA) is 125 Å². The smallest absolute Gasteiger partial charge is 0.318 e. The number of hydrogen-bond acceptors (Lipinski definition) is 6. The molecule has 0 aromatic rings. The minimum Gasteiger partial charge on any atom is -0.481 e.